The Morgan fingerprint density at radius 2 is 1.95 bits per heavy atom. The fraction of sp³-hybridized carbons (Fsp3) is 0.235. The minimum absolute atomic E-state index is 0.0921. The van der Waals surface area contributed by atoms with Gasteiger partial charge in [-0.05, 0) is 55.3 Å². The Bertz CT molecular complexity index is 670. The number of halogens is 1. The first-order chi connectivity index (χ1) is 9.90. The van der Waals surface area contributed by atoms with Crippen molar-refractivity contribution in [1.82, 2.24) is 4.90 Å². The van der Waals surface area contributed by atoms with Crippen molar-refractivity contribution in [3.8, 4) is 5.75 Å². The summed E-state index contributed by atoms with van der Waals surface area (Å²) >= 11 is 6.00. The number of carbonyl (C=O) groups is 1. The number of rotatable bonds is 3. The van der Waals surface area contributed by atoms with Gasteiger partial charge in [-0.25, -0.2) is 0 Å². The summed E-state index contributed by atoms with van der Waals surface area (Å²) in [5, 5.41) is 10.2. The van der Waals surface area contributed by atoms with E-state index in [1.165, 1.54) is 0 Å². The largest absolute Gasteiger partial charge is 0.508 e. The zero-order valence-electron chi connectivity index (χ0n) is 12.3. The number of hydrogen-bond acceptors (Lipinski definition) is 2. The predicted molar refractivity (Wildman–Crippen MR) is 84.8 cm³/mol. The average Bonchev–Trinajstić information content (AvgIpc) is 2.47. The molecule has 0 radical (unpaired) electrons. The molecule has 0 aliphatic rings. The van der Waals surface area contributed by atoms with Gasteiger partial charge >= 0.3 is 0 Å². The van der Waals surface area contributed by atoms with Crippen molar-refractivity contribution in [2.45, 2.75) is 19.9 Å². The monoisotopic (exact) mass is 303 g/mol. The number of aromatic hydroxyl groups is 1. The van der Waals surface area contributed by atoms with Crippen molar-refractivity contribution < 1.29 is 9.90 Å². The molecule has 110 valence electrons. The molecule has 1 N–H and O–H groups in total. The van der Waals surface area contributed by atoms with Crippen LogP contribution in [0.5, 0.6) is 5.75 Å². The van der Waals surface area contributed by atoms with Crippen molar-refractivity contribution in [3.05, 3.63) is 64.2 Å². The highest BCUT2D eigenvalue weighted by molar-refractivity contribution is 6.30. The van der Waals surface area contributed by atoms with E-state index in [1.807, 2.05) is 31.2 Å². The van der Waals surface area contributed by atoms with Crippen LogP contribution >= 0.6 is 11.6 Å². The minimum atomic E-state index is -0.0923. The second-order valence-corrected chi connectivity index (χ2v) is 5.58. The van der Waals surface area contributed by atoms with Crippen LogP contribution in [-0.2, 0) is 0 Å². The van der Waals surface area contributed by atoms with Crippen LogP contribution in [0.4, 0.5) is 0 Å². The van der Waals surface area contributed by atoms with Gasteiger partial charge in [0, 0.05) is 17.6 Å². The standard InChI is InChI=1S/C17H18ClNO2/c1-11-9-14(7-8-16(11)20)17(21)19(3)12(2)13-5-4-6-15(18)10-13/h4-10,12,20H,1-3H3. The van der Waals surface area contributed by atoms with Gasteiger partial charge in [-0.2, -0.15) is 0 Å². The third-order valence-electron chi connectivity index (χ3n) is 3.68. The minimum Gasteiger partial charge on any atom is -0.508 e. The number of carbonyl (C=O) groups excluding carboxylic acids is 1. The lowest BCUT2D eigenvalue weighted by Crippen LogP contribution is -2.29. The first kappa shape index (κ1) is 15.4. The molecule has 0 aromatic heterocycles. The average molecular weight is 304 g/mol. The van der Waals surface area contributed by atoms with Crippen molar-refractivity contribution in [3.63, 3.8) is 0 Å². The van der Waals surface area contributed by atoms with E-state index in [-0.39, 0.29) is 17.7 Å². The molecule has 2 aromatic carbocycles. The van der Waals surface area contributed by atoms with Crippen molar-refractivity contribution in [2.24, 2.45) is 0 Å². The summed E-state index contributed by atoms with van der Waals surface area (Å²) in [5.41, 5.74) is 2.22. The maximum atomic E-state index is 12.5. The zero-order valence-corrected chi connectivity index (χ0v) is 13.1. The van der Waals surface area contributed by atoms with E-state index in [4.69, 9.17) is 11.6 Å². The van der Waals surface area contributed by atoms with Crippen LogP contribution in [0.1, 0.15) is 34.5 Å². The highest BCUT2D eigenvalue weighted by Crippen LogP contribution is 2.24. The van der Waals surface area contributed by atoms with Gasteiger partial charge in [0.1, 0.15) is 5.75 Å². The smallest absolute Gasteiger partial charge is 0.254 e. The second kappa shape index (κ2) is 6.19. The molecule has 21 heavy (non-hydrogen) atoms. The molecule has 0 bridgehead atoms. The van der Waals surface area contributed by atoms with E-state index in [0.717, 1.165) is 5.56 Å². The number of amides is 1. The maximum Gasteiger partial charge on any atom is 0.254 e. The molecule has 2 rings (SSSR count). The first-order valence-corrected chi connectivity index (χ1v) is 7.10. The number of nitrogens with zero attached hydrogens (tertiary/aromatic N) is 1. The molecule has 1 unspecified atom stereocenters. The molecule has 0 heterocycles. The summed E-state index contributed by atoms with van der Waals surface area (Å²) in [7, 11) is 1.76. The van der Waals surface area contributed by atoms with Gasteiger partial charge in [-0.3, -0.25) is 4.79 Å². The Kier molecular flexibility index (Phi) is 4.53. The summed E-state index contributed by atoms with van der Waals surface area (Å²) in [6.07, 6.45) is 0. The number of aryl methyl sites for hydroxylation is 1. The van der Waals surface area contributed by atoms with Crippen LogP contribution in [0.3, 0.4) is 0 Å². The molecule has 0 aliphatic heterocycles. The Labute approximate surface area is 129 Å². The Balaban J connectivity index is 2.24. The molecular weight excluding hydrogens is 286 g/mol. The first-order valence-electron chi connectivity index (χ1n) is 6.72. The predicted octanol–water partition coefficient (Wildman–Crippen LogP) is 4.19. The van der Waals surface area contributed by atoms with Crippen LogP contribution in [-0.4, -0.2) is 23.0 Å². The summed E-state index contributed by atoms with van der Waals surface area (Å²) in [6, 6.07) is 12.3. The molecule has 2 aromatic rings. The fourth-order valence-electron chi connectivity index (χ4n) is 2.16. The lowest BCUT2D eigenvalue weighted by molar-refractivity contribution is 0.0742. The third kappa shape index (κ3) is 3.37. The fourth-order valence-corrected chi connectivity index (χ4v) is 2.36. The van der Waals surface area contributed by atoms with Gasteiger partial charge in [-0.1, -0.05) is 23.7 Å². The second-order valence-electron chi connectivity index (χ2n) is 5.15. The summed E-state index contributed by atoms with van der Waals surface area (Å²) in [5.74, 6) is 0.0997. The number of hydrogen-bond donors (Lipinski definition) is 1. The van der Waals surface area contributed by atoms with Gasteiger partial charge in [0.25, 0.3) is 5.91 Å². The van der Waals surface area contributed by atoms with Gasteiger partial charge < -0.3 is 10.0 Å². The lowest BCUT2D eigenvalue weighted by Gasteiger charge is -2.25. The Hall–Kier alpha value is -2.00. The van der Waals surface area contributed by atoms with Gasteiger partial charge in [0.05, 0.1) is 6.04 Å². The van der Waals surface area contributed by atoms with E-state index in [0.29, 0.717) is 16.1 Å². The molecule has 0 spiro atoms. The molecule has 4 heteroatoms. The highest BCUT2D eigenvalue weighted by atomic mass is 35.5. The van der Waals surface area contributed by atoms with Crippen LogP contribution in [0.25, 0.3) is 0 Å². The highest BCUT2D eigenvalue weighted by Gasteiger charge is 2.19. The molecule has 0 saturated heterocycles. The molecule has 3 nitrogen and oxygen atoms in total. The number of phenols is 1. The summed E-state index contributed by atoms with van der Waals surface area (Å²) < 4.78 is 0. The Morgan fingerprint density at radius 1 is 1.24 bits per heavy atom. The van der Waals surface area contributed by atoms with E-state index in [1.54, 1.807) is 37.1 Å². The Morgan fingerprint density at radius 3 is 2.57 bits per heavy atom. The van der Waals surface area contributed by atoms with Gasteiger partial charge in [0.2, 0.25) is 0 Å². The molecular formula is C17H18ClNO2. The van der Waals surface area contributed by atoms with Crippen LogP contribution in [0, 0.1) is 6.92 Å². The van der Waals surface area contributed by atoms with E-state index < -0.39 is 0 Å². The zero-order chi connectivity index (χ0) is 15.6. The number of benzene rings is 2. The normalized spacial score (nSPS) is 12.0. The van der Waals surface area contributed by atoms with Crippen molar-refractivity contribution >= 4 is 17.5 Å². The van der Waals surface area contributed by atoms with Crippen molar-refractivity contribution in [2.75, 3.05) is 7.05 Å². The SMILES string of the molecule is Cc1cc(C(=O)N(C)C(C)c2cccc(Cl)c2)ccc1O. The summed E-state index contributed by atoms with van der Waals surface area (Å²) in [4.78, 5) is 14.2. The van der Waals surface area contributed by atoms with E-state index in [9.17, 15) is 9.90 Å². The van der Waals surface area contributed by atoms with Crippen molar-refractivity contribution in [1.29, 1.82) is 0 Å². The topological polar surface area (TPSA) is 40.5 Å². The van der Waals surface area contributed by atoms with Gasteiger partial charge in [-0.15, -0.1) is 0 Å². The third-order valence-corrected chi connectivity index (χ3v) is 3.91. The molecule has 0 saturated carbocycles. The van der Waals surface area contributed by atoms with Gasteiger partial charge in [0.15, 0.2) is 0 Å². The summed E-state index contributed by atoms with van der Waals surface area (Å²) in [6.45, 7) is 3.73. The quantitative estimate of drug-likeness (QED) is 0.923. The molecule has 0 aliphatic carbocycles. The van der Waals surface area contributed by atoms with E-state index >= 15 is 0 Å². The molecule has 1 atom stereocenters. The molecule has 1 amide bonds. The maximum absolute atomic E-state index is 12.5. The molecule has 0 fully saturated rings. The van der Waals surface area contributed by atoms with Crippen LogP contribution in [0.15, 0.2) is 42.5 Å². The lowest BCUT2D eigenvalue weighted by atomic mass is 10.1. The van der Waals surface area contributed by atoms with Crippen LogP contribution < -0.4 is 0 Å². The van der Waals surface area contributed by atoms with Crippen LogP contribution in [0.2, 0.25) is 5.02 Å². The number of phenolic OH excluding ortho intramolecular Hbond substituents is 1. The van der Waals surface area contributed by atoms with E-state index in [2.05, 4.69) is 0 Å².